The first-order valence-corrected chi connectivity index (χ1v) is 5.96. The minimum atomic E-state index is 0.127. The van der Waals surface area contributed by atoms with Gasteiger partial charge in [0.1, 0.15) is 12.4 Å². The van der Waals surface area contributed by atoms with Gasteiger partial charge in [-0.15, -0.1) is 0 Å². The van der Waals surface area contributed by atoms with Gasteiger partial charge in [0.2, 0.25) is 0 Å². The minimum absolute atomic E-state index is 0.127. The lowest BCUT2D eigenvalue weighted by Crippen LogP contribution is -2.42. The topological polar surface area (TPSA) is 34.1 Å². The number of hydrogen-bond acceptors (Lipinski definition) is 3. The molecule has 82 valence electrons. The second kappa shape index (κ2) is 4.49. The number of rotatable bonds is 3. The van der Waals surface area contributed by atoms with Crippen molar-refractivity contribution in [3.63, 3.8) is 0 Å². The highest BCUT2D eigenvalue weighted by Gasteiger charge is 2.28. The van der Waals surface area contributed by atoms with E-state index >= 15 is 0 Å². The van der Waals surface area contributed by atoms with E-state index in [4.69, 9.17) is 4.74 Å². The zero-order valence-corrected chi connectivity index (χ0v) is 10.4. The van der Waals surface area contributed by atoms with Crippen LogP contribution in [0.5, 0.6) is 5.75 Å². The van der Waals surface area contributed by atoms with Crippen molar-refractivity contribution < 1.29 is 4.74 Å². The molecule has 4 heteroatoms. The van der Waals surface area contributed by atoms with Gasteiger partial charge in [0, 0.05) is 16.2 Å². The zero-order valence-electron chi connectivity index (χ0n) is 8.79. The Bertz CT molecular complexity index is 337. The van der Waals surface area contributed by atoms with E-state index in [9.17, 15) is 0 Å². The summed E-state index contributed by atoms with van der Waals surface area (Å²) in [5.41, 5.74) is 0.127. The molecule has 0 aliphatic carbocycles. The van der Waals surface area contributed by atoms with Crippen LogP contribution < -0.4 is 10.1 Å². The molecule has 1 aliphatic heterocycles. The smallest absolute Gasteiger partial charge is 0.138 e. The van der Waals surface area contributed by atoms with Gasteiger partial charge < -0.3 is 10.1 Å². The first kappa shape index (κ1) is 10.9. The second-order valence-corrected chi connectivity index (χ2v) is 5.13. The van der Waals surface area contributed by atoms with Gasteiger partial charge in [-0.2, -0.15) is 0 Å². The molecule has 1 aromatic rings. The SMILES string of the molecule is C[C@@]1(COc2cncc(Br)c2)CCCN1. The second-order valence-electron chi connectivity index (χ2n) is 4.22. The van der Waals surface area contributed by atoms with Crippen molar-refractivity contribution in [1.82, 2.24) is 10.3 Å². The number of ether oxygens (including phenoxy) is 1. The highest BCUT2D eigenvalue weighted by molar-refractivity contribution is 9.10. The molecule has 0 aromatic carbocycles. The van der Waals surface area contributed by atoms with Crippen LogP contribution in [0.15, 0.2) is 22.9 Å². The lowest BCUT2D eigenvalue weighted by molar-refractivity contribution is 0.212. The number of pyridine rings is 1. The van der Waals surface area contributed by atoms with Gasteiger partial charge in [0.25, 0.3) is 0 Å². The summed E-state index contributed by atoms with van der Waals surface area (Å²) in [7, 11) is 0. The number of nitrogens with one attached hydrogen (secondary N) is 1. The van der Waals surface area contributed by atoms with Crippen LogP contribution in [0.2, 0.25) is 0 Å². The molecule has 0 amide bonds. The maximum atomic E-state index is 5.72. The van der Waals surface area contributed by atoms with Gasteiger partial charge in [0.15, 0.2) is 0 Å². The molecular formula is C11H15BrN2O. The van der Waals surface area contributed by atoms with Crippen molar-refractivity contribution in [3.8, 4) is 5.75 Å². The standard InChI is InChI=1S/C11H15BrN2O/c1-11(3-2-4-14-11)8-15-10-5-9(12)6-13-7-10/h5-7,14H,2-4,8H2,1H3/t11-/m0/s1. The van der Waals surface area contributed by atoms with Crippen LogP contribution in [-0.2, 0) is 0 Å². The van der Waals surface area contributed by atoms with Crippen molar-refractivity contribution in [2.75, 3.05) is 13.2 Å². The van der Waals surface area contributed by atoms with E-state index in [0.717, 1.165) is 16.8 Å². The fraction of sp³-hybridized carbons (Fsp3) is 0.545. The molecule has 1 N–H and O–H groups in total. The van der Waals surface area contributed by atoms with Gasteiger partial charge in [-0.05, 0) is 48.3 Å². The lowest BCUT2D eigenvalue weighted by atomic mass is 10.0. The molecule has 0 spiro atoms. The van der Waals surface area contributed by atoms with Crippen LogP contribution in [0, 0.1) is 0 Å². The maximum absolute atomic E-state index is 5.72. The van der Waals surface area contributed by atoms with Gasteiger partial charge in [-0.1, -0.05) is 0 Å². The first-order chi connectivity index (χ1) is 7.18. The Hall–Kier alpha value is -0.610. The van der Waals surface area contributed by atoms with Crippen LogP contribution in [0.4, 0.5) is 0 Å². The Kier molecular flexibility index (Phi) is 3.26. The number of nitrogens with zero attached hydrogens (tertiary/aromatic N) is 1. The summed E-state index contributed by atoms with van der Waals surface area (Å²) in [6.45, 7) is 3.99. The van der Waals surface area contributed by atoms with E-state index in [0.29, 0.717) is 6.61 Å². The van der Waals surface area contributed by atoms with Crippen LogP contribution in [0.3, 0.4) is 0 Å². The van der Waals surface area contributed by atoms with Crippen LogP contribution >= 0.6 is 15.9 Å². The fourth-order valence-electron chi connectivity index (χ4n) is 1.79. The summed E-state index contributed by atoms with van der Waals surface area (Å²) < 4.78 is 6.67. The molecular weight excluding hydrogens is 256 g/mol. The Morgan fingerprint density at radius 1 is 1.60 bits per heavy atom. The van der Waals surface area contributed by atoms with E-state index in [2.05, 4.69) is 33.2 Å². The van der Waals surface area contributed by atoms with Crippen LogP contribution in [0.1, 0.15) is 19.8 Å². The summed E-state index contributed by atoms with van der Waals surface area (Å²) in [6, 6.07) is 1.94. The number of aromatic nitrogens is 1. The van der Waals surface area contributed by atoms with E-state index in [1.807, 2.05) is 6.07 Å². The van der Waals surface area contributed by atoms with Gasteiger partial charge in [-0.25, -0.2) is 0 Å². The zero-order chi connectivity index (χ0) is 10.7. The highest BCUT2D eigenvalue weighted by Crippen LogP contribution is 2.21. The van der Waals surface area contributed by atoms with Crippen molar-refractivity contribution >= 4 is 15.9 Å². The summed E-state index contributed by atoms with van der Waals surface area (Å²) in [4.78, 5) is 4.06. The molecule has 1 aliphatic rings. The third-order valence-electron chi connectivity index (χ3n) is 2.69. The normalized spacial score (nSPS) is 25.5. The van der Waals surface area contributed by atoms with E-state index in [1.54, 1.807) is 12.4 Å². The molecule has 1 saturated heterocycles. The van der Waals surface area contributed by atoms with Gasteiger partial charge >= 0.3 is 0 Å². The Morgan fingerprint density at radius 3 is 3.13 bits per heavy atom. The predicted octanol–water partition coefficient (Wildman–Crippen LogP) is 2.37. The fourth-order valence-corrected chi connectivity index (χ4v) is 2.14. The largest absolute Gasteiger partial charge is 0.490 e. The predicted molar refractivity (Wildman–Crippen MR) is 63.1 cm³/mol. The Balaban J connectivity index is 1.92. The molecule has 2 heterocycles. The molecule has 3 nitrogen and oxygen atoms in total. The molecule has 1 fully saturated rings. The average molecular weight is 271 g/mol. The third-order valence-corrected chi connectivity index (χ3v) is 3.13. The van der Waals surface area contributed by atoms with Crippen molar-refractivity contribution in [1.29, 1.82) is 0 Å². The molecule has 0 radical (unpaired) electrons. The summed E-state index contributed by atoms with van der Waals surface area (Å²) >= 11 is 3.37. The van der Waals surface area contributed by atoms with Crippen LogP contribution in [-0.4, -0.2) is 23.7 Å². The molecule has 15 heavy (non-hydrogen) atoms. The minimum Gasteiger partial charge on any atom is -0.490 e. The molecule has 1 aromatic heterocycles. The molecule has 0 bridgehead atoms. The third kappa shape index (κ3) is 2.92. The molecule has 2 rings (SSSR count). The van der Waals surface area contributed by atoms with E-state index in [1.165, 1.54) is 12.8 Å². The maximum Gasteiger partial charge on any atom is 0.138 e. The quantitative estimate of drug-likeness (QED) is 0.916. The summed E-state index contributed by atoms with van der Waals surface area (Å²) in [5.74, 6) is 0.819. The van der Waals surface area contributed by atoms with E-state index in [-0.39, 0.29) is 5.54 Å². The highest BCUT2D eigenvalue weighted by atomic mass is 79.9. The van der Waals surface area contributed by atoms with Crippen molar-refractivity contribution in [2.45, 2.75) is 25.3 Å². The first-order valence-electron chi connectivity index (χ1n) is 5.16. The lowest BCUT2D eigenvalue weighted by Gasteiger charge is -2.24. The van der Waals surface area contributed by atoms with Crippen molar-refractivity contribution in [2.24, 2.45) is 0 Å². The summed E-state index contributed by atoms with van der Waals surface area (Å²) in [5, 5.41) is 3.46. The molecule has 1 atom stereocenters. The van der Waals surface area contributed by atoms with Crippen molar-refractivity contribution in [3.05, 3.63) is 22.9 Å². The molecule has 0 saturated carbocycles. The van der Waals surface area contributed by atoms with E-state index < -0.39 is 0 Å². The van der Waals surface area contributed by atoms with Crippen LogP contribution in [0.25, 0.3) is 0 Å². The monoisotopic (exact) mass is 270 g/mol. The summed E-state index contributed by atoms with van der Waals surface area (Å²) in [6.07, 6.45) is 5.90. The van der Waals surface area contributed by atoms with Gasteiger partial charge in [-0.3, -0.25) is 4.98 Å². The Morgan fingerprint density at radius 2 is 2.47 bits per heavy atom. The average Bonchev–Trinajstić information content (AvgIpc) is 2.63. The number of hydrogen-bond donors (Lipinski definition) is 1. The van der Waals surface area contributed by atoms with Gasteiger partial charge in [0.05, 0.1) is 6.20 Å². The number of halogens is 1. The Labute approximate surface area is 98.4 Å². The molecule has 0 unspecified atom stereocenters.